The van der Waals surface area contributed by atoms with Crippen molar-refractivity contribution in [2.75, 3.05) is 13.1 Å². The highest BCUT2D eigenvalue weighted by Crippen LogP contribution is 2.25. The molecule has 1 fully saturated rings. The number of piperidine rings is 1. The summed E-state index contributed by atoms with van der Waals surface area (Å²) in [6.07, 6.45) is 2.01. The molecular weight excluding hydrogens is 435 g/mol. The number of rotatable bonds is 5. The van der Waals surface area contributed by atoms with Crippen LogP contribution in [0.2, 0.25) is 0 Å². The van der Waals surface area contributed by atoms with E-state index in [1.54, 1.807) is 16.8 Å². The van der Waals surface area contributed by atoms with Gasteiger partial charge in [0.2, 0.25) is 5.91 Å². The molecule has 5 rings (SSSR count). The standard InChI is InChI=1S/C25H25FN6O2/c1-16-5-2-3-6-18(16)13-21(33)31-12-4-7-19(15-31)23-27-24-22(25(34)28-23)29-30-32(24)14-17-8-10-20(26)11-9-17/h2-3,5-6,8-11,19H,4,7,12-15H2,1H3,(H,27,28,34). The molecular formula is C25H25FN6O2. The van der Waals surface area contributed by atoms with Gasteiger partial charge in [0.05, 0.1) is 13.0 Å². The minimum atomic E-state index is -0.353. The molecule has 8 nitrogen and oxygen atoms in total. The number of hydrogen-bond acceptors (Lipinski definition) is 5. The van der Waals surface area contributed by atoms with E-state index in [0.717, 1.165) is 29.5 Å². The van der Waals surface area contributed by atoms with Crippen molar-refractivity contribution < 1.29 is 9.18 Å². The molecule has 34 heavy (non-hydrogen) atoms. The van der Waals surface area contributed by atoms with Gasteiger partial charge < -0.3 is 9.88 Å². The van der Waals surface area contributed by atoms with Gasteiger partial charge in [0.15, 0.2) is 11.2 Å². The third-order valence-electron chi connectivity index (χ3n) is 6.40. The predicted molar refractivity (Wildman–Crippen MR) is 125 cm³/mol. The summed E-state index contributed by atoms with van der Waals surface area (Å²) in [4.78, 5) is 35.1. The molecule has 9 heteroatoms. The number of hydrogen-bond donors (Lipinski definition) is 1. The topological polar surface area (TPSA) is 96.8 Å². The van der Waals surface area contributed by atoms with Gasteiger partial charge in [-0.05, 0) is 48.6 Å². The molecule has 1 N–H and O–H groups in total. The molecule has 2 aromatic carbocycles. The van der Waals surface area contributed by atoms with Crippen LogP contribution in [-0.4, -0.2) is 48.9 Å². The van der Waals surface area contributed by atoms with Crippen molar-refractivity contribution in [2.45, 2.75) is 38.6 Å². The molecule has 0 radical (unpaired) electrons. The van der Waals surface area contributed by atoms with E-state index in [0.29, 0.717) is 37.5 Å². The molecule has 1 atom stereocenters. The normalized spacial score (nSPS) is 16.2. The summed E-state index contributed by atoms with van der Waals surface area (Å²) < 4.78 is 14.8. The second-order valence-corrected chi connectivity index (χ2v) is 8.78. The Morgan fingerprint density at radius 2 is 1.97 bits per heavy atom. The van der Waals surface area contributed by atoms with Gasteiger partial charge in [0.25, 0.3) is 5.56 Å². The Bertz CT molecular complexity index is 1390. The summed E-state index contributed by atoms with van der Waals surface area (Å²) in [5.74, 6) is 0.211. The van der Waals surface area contributed by atoms with Crippen LogP contribution in [0.4, 0.5) is 4.39 Å². The number of aryl methyl sites for hydroxylation is 1. The van der Waals surface area contributed by atoms with Crippen molar-refractivity contribution in [3.8, 4) is 0 Å². The summed E-state index contributed by atoms with van der Waals surface area (Å²) in [6.45, 7) is 3.52. The fourth-order valence-corrected chi connectivity index (χ4v) is 4.46. The fraction of sp³-hybridized carbons (Fsp3) is 0.320. The van der Waals surface area contributed by atoms with E-state index < -0.39 is 0 Å². The van der Waals surface area contributed by atoms with Gasteiger partial charge in [0, 0.05) is 19.0 Å². The van der Waals surface area contributed by atoms with Crippen LogP contribution in [0.15, 0.2) is 53.3 Å². The number of nitrogens with one attached hydrogen (secondary N) is 1. The van der Waals surface area contributed by atoms with Crippen LogP contribution in [0.25, 0.3) is 11.2 Å². The zero-order valence-electron chi connectivity index (χ0n) is 18.9. The maximum atomic E-state index is 13.2. The van der Waals surface area contributed by atoms with Crippen molar-refractivity contribution in [1.82, 2.24) is 29.9 Å². The molecule has 1 saturated heterocycles. The highest BCUT2D eigenvalue weighted by molar-refractivity contribution is 5.79. The first-order valence-corrected chi connectivity index (χ1v) is 11.4. The second-order valence-electron chi connectivity index (χ2n) is 8.78. The number of aromatic amines is 1. The van der Waals surface area contributed by atoms with Crippen LogP contribution in [0.5, 0.6) is 0 Å². The average Bonchev–Trinajstić information content (AvgIpc) is 3.25. The molecule has 1 aliphatic rings. The smallest absolute Gasteiger partial charge is 0.281 e. The summed E-state index contributed by atoms with van der Waals surface area (Å²) >= 11 is 0. The van der Waals surface area contributed by atoms with E-state index in [4.69, 9.17) is 4.98 Å². The average molecular weight is 461 g/mol. The highest BCUT2D eigenvalue weighted by Gasteiger charge is 2.27. The largest absolute Gasteiger partial charge is 0.342 e. The summed E-state index contributed by atoms with van der Waals surface area (Å²) in [7, 11) is 0. The zero-order chi connectivity index (χ0) is 23.7. The number of aromatic nitrogens is 5. The van der Waals surface area contributed by atoms with E-state index in [1.165, 1.54) is 12.1 Å². The Balaban J connectivity index is 1.37. The lowest BCUT2D eigenvalue weighted by Crippen LogP contribution is -2.40. The van der Waals surface area contributed by atoms with Crippen LogP contribution in [0.1, 0.15) is 41.3 Å². The SMILES string of the molecule is Cc1ccccc1CC(=O)N1CCCC(c2nc3c(nnn3Cc3ccc(F)cc3)c(=O)[nH]2)C1. The molecule has 174 valence electrons. The quantitative estimate of drug-likeness (QED) is 0.494. The molecule has 0 saturated carbocycles. The lowest BCUT2D eigenvalue weighted by molar-refractivity contribution is -0.131. The number of nitrogens with zero attached hydrogens (tertiary/aromatic N) is 5. The highest BCUT2D eigenvalue weighted by atomic mass is 19.1. The van der Waals surface area contributed by atoms with E-state index in [9.17, 15) is 14.0 Å². The number of H-pyrrole nitrogens is 1. The first-order valence-electron chi connectivity index (χ1n) is 11.4. The predicted octanol–water partition coefficient (Wildman–Crippen LogP) is 2.96. The molecule has 4 aromatic rings. The maximum Gasteiger partial charge on any atom is 0.281 e. The van der Waals surface area contributed by atoms with Crippen LogP contribution >= 0.6 is 0 Å². The molecule has 0 spiro atoms. The molecule has 0 bridgehead atoms. The number of benzene rings is 2. The first-order chi connectivity index (χ1) is 16.5. The van der Waals surface area contributed by atoms with Gasteiger partial charge in [-0.25, -0.2) is 14.1 Å². The monoisotopic (exact) mass is 460 g/mol. The Kier molecular flexibility index (Phi) is 5.91. The molecule has 1 amide bonds. The lowest BCUT2D eigenvalue weighted by atomic mass is 9.96. The van der Waals surface area contributed by atoms with E-state index >= 15 is 0 Å². The van der Waals surface area contributed by atoms with E-state index in [2.05, 4.69) is 15.3 Å². The molecule has 0 aliphatic carbocycles. The van der Waals surface area contributed by atoms with E-state index in [-0.39, 0.29) is 28.7 Å². The maximum absolute atomic E-state index is 13.2. The van der Waals surface area contributed by atoms with E-state index in [1.807, 2.05) is 36.1 Å². The number of carbonyl (C=O) groups is 1. The van der Waals surface area contributed by atoms with Crippen molar-refractivity contribution in [1.29, 1.82) is 0 Å². The molecule has 3 heterocycles. The summed E-state index contributed by atoms with van der Waals surface area (Å²) in [5.41, 5.74) is 3.14. The lowest BCUT2D eigenvalue weighted by Gasteiger charge is -2.32. The minimum absolute atomic E-state index is 0.0745. The molecule has 2 aromatic heterocycles. The third kappa shape index (κ3) is 4.46. The Morgan fingerprint density at radius 3 is 2.76 bits per heavy atom. The van der Waals surface area contributed by atoms with Crippen molar-refractivity contribution >= 4 is 17.1 Å². The van der Waals surface area contributed by atoms with Crippen molar-refractivity contribution in [3.05, 3.63) is 87.2 Å². The number of carbonyl (C=O) groups excluding carboxylic acids is 1. The minimum Gasteiger partial charge on any atom is -0.342 e. The molecule has 1 unspecified atom stereocenters. The Labute approximate surface area is 195 Å². The van der Waals surface area contributed by atoms with Crippen LogP contribution < -0.4 is 5.56 Å². The van der Waals surface area contributed by atoms with Crippen molar-refractivity contribution in [2.24, 2.45) is 0 Å². The van der Waals surface area contributed by atoms with Gasteiger partial charge in [-0.3, -0.25) is 9.59 Å². The molecule has 1 aliphatic heterocycles. The number of amides is 1. The number of halogens is 1. The summed E-state index contributed by atoms with van der Waals surface area (Å²) in [6, 6.07) is 14.0. The second kappa shape index (κ2) is 9.17. The van der Waals surface area contributed by atoms with Crippen molar-refractivity contribution in [3.63, 3.8) is 0 Å². The van der Waals surface area contributed by atoms with Gasteiger partial charge in [-0.15, -0.1) is 5.10 Å². The van der Waals surface area contributed by atoms with Crippen LogP contribution in [-0.2, 0) is 17.8 Å². The third-order valence-corrected chi connectivity index (χ3v) is 6.40. The van der Waals surface area contributed by atoms with Gasteiger partial charge >= 0.3 is 0 Å². The number of likely N-dealkylation sites (tertiary alicyclic amines) is 1. The van der Waals surface area contributed by atoms with Gasteiger partial charge in [-0.2, -0.15) is 0 Å². The first kappa shape index (κ1) is 21.9. The number of fused-ring (bicyclic) bond motifs is 1. The Hall–Kier alpha value is -3.88. The van der Waals surface area contributed by atoms with Crippen LogP contribution in [0.3, 0.4) is 0 Å². The zero-order valence-corrected chi connectivity index (χ0v) is 18.9. The van der Waals surface area contributed by atoms with Gasteiger partial charge in [-0.1, -0.05) is 41.6 Å². The van der Waals surface area contributed by atoms with Gasteiger partial charge in [0.1, 0.15) is 11.6 Å². The van der Waals surface area contributed by atoms with Crippen LogP contribution in [0, 0.1) is 12.7 Å². The fourth-order valence-electron chi connectivity index (χ4n) is 4.46. The Morgan fingerprint density at radius 1 is 1.18 bits per heavy atom. The summed E-state index contributed by atoms with van der Waals surface area (Å²) in [5, 5.41) is 8.07.